The van der Waals surface area contributed by atoms with Crippen molar-refractivity contribution in [1.29, 1.82) is 0 Å². The van der Waals surface area contributed by atoms with E-state index in [9.17, 15) is 13.6 Å². The van der Waals surface area contributed by atoms with E-state index in [2.05, 4.69) is 10.3 Å². The van der Waals surface area contributed by atoms with E-state index in [1.807, 2.05) is 12.3 Å². The van der Waals surface area contributed by atoms with Crippen molar-refractivity contribution in [3.8, 4) is 10.6 Å². The van der Waals surface area contributed by atoms with Gasteiger partial charge in [-0.1, -0.05) is 12.1 Å². The minimum absolute atomic E-state index is 0.0710. The third kappa shape index (κ3) is 5.61. The summed E-state index contributed by atoms with van der Waals surface area (Å²) in [4.78, 5) is 16.8. The molecule has 1 heterocycles. The van der Waals surface area contributed by atoms with Crippen LogP contribution in [-0.4, -0.2) is 16.1 Å². The standard InChI is InChI=1S/C20H18F2N2OS2/c1-13(19(25)23-10-14-2-6-16(21)7-3-14)26-11-18-12-27-20(24-18)15-4-8-17(22)9-5-15/h2-9,12-13H,10-11H2,1H3,(H,23,25). The molecule has 0 radical (unpaired) electrons. The number of nitrogens with zero attached hydrogens (tertiary/aromatic N) is 1. The number of rotatable bonds is 7. The van der Waals surface area contributed by atoms with Crippen molar-refractivity contribution >= 4 is 29.0 Å². The number of nitrogens with one attached hydrogen (secondary N) is 1. The quantitative estimate of drug-likeness (QED) is 0.601. The molecule has 1 atom stereocenters. The maximum absolute atomic E-state index is 13.0. The second kappa shape index (κ2) is 9.10. The number of carbonyl (C=O) groups excluding carboxylic acids is 1. The van der Waals surface area contributed by atoms with Crippen molar-refractivity contribution < 1.29 is 13.6 Å². The van der Waals surface area contributed by atoms with Gasteiger partial charge in [-0.05, 0) is 48.9 Å². The maximum atomic E-state index is 13.0. The molecule has 27 heavy (non-hydrogen) atoms. The van der Waals surface area contributed by atoms with E-state index in [1.165, 1.54) is 47.4 Å². The number of carbonyl (C=O) groups is 1. The Balaban J connectivity index is 1.48. The Kier molecular flexibility index (Phi) is 6.58. The summed E-state index contributed by atoms with van der Waals surface area (Å²) in [5.41, 5.74) is 2.62. The lowest BCUT2D eigenvalue weighted by Crippen LogP contribution is -2.30. The molecule has 3 aromatic rings. The summed E-state index contributed by atoms with van der Waals surface area (Å²) in [6, 6.07) is 12.3. The van der Waals surface area contributed by atoms with Crippen LogP contribution in [0.15, 0.2) is 53.9 Å². The van der Waals surface area contributed by atoms with E-state index in [0.29, 0.717) is 12.3 Å². The van der Waals surface area contributed by atoms with Crippen LogP contribution >= 0.6 is 23.1 Å². The Morgan fingerprint density at radius 2 is 1.74 bits per heavy atom. The van der Waals surface area contributed by atoms with Crippen LogP contribution in [0.4, 0.5) is 8.78 Å². The summed E-state index contributed by atoms with van der Waals surface area (Å²) >= 11 is 3.00. The van der Waals surface area contributed by atoms with Crippen LogP contribution in [-0.2, 0) is 17.1 Å². The predicted octanol–water partition coefficient (Wildman–Crippen LogP) is 5.03. The number of amides is 1. The van der Waals surface area contributed by atoms with Crippen LogP contribution in [0.5, 0.6) is 0 Å². The molecule has 0 aliphatic heterocycles. The van der Waals surface area contributed by atoms with Gasteiger partial charge in [0, 0.05) is 23.2 Å². The minimum atomic E-state index is -0.294. The molecule has 1 aromatic heterocycles. The Morgan fingerprint density at radius 3 is 2.41 bits per heavy atom. The van der Waals surface area contributed by atoms with Crippen molar-refractivity contribution in [1.82, 2.24) is 10.3 Å². The number of thiazole rings is 1. The average Bonchev–Trinajstić information content (AvgIpc) is 3.15. The Hall–Kier alpha value is -2.25. The van der Waals surface area contributed by atoms with Gasteiger partial charge >= 0.3 is 0 Å². The van der Waals surface area contributed by atoms with E-state index in [1.54, 1.807) is 24.3 Å². The van der Waals surface area contributed by atoms with Gasteiger partial charge in [-0.25, -0.2) is 13.8 Å². The molecule has 0 spiro atoms. The fraction of sp³-hybridized carbons (Fsp3) is 0.200. The third-order valence-corrected chi connectivity index (χ3v) is 5.99. The summed E-state index contributed by atoms with van der Waals surface area (Å²) in [5.74, 6) is -0.0230. The van der Waals surface area contributed by atoms with E-state index in [4.69, 9.17) is 0 Å². The lowest BCUT2D eigenvalue weighted by Gasteiger charge is -2.11. The molecule has 0 aliphatic rings. The molecule has 0 saturated heterocycles. The molecule has 0 fully saturated rings. The van der Waals surface area contributed by atoms with Crippen LogP contribution in [0.1, 0.15) is 18.2 Å². The van der Waals surface area contributed by atoms with Gasteiger partial charge < -0.3 is 5.32 Å². The molecule has 2 aromatic carbocycles. The Morgan fingerprint density at radius 1 is 1.11 bits per heavy atom. The van der Waals surface area contributed by atoms with Crippen molar-refractivity contribution in [2.75, 3.05) is 0 Å². The first-order valence-corrected chi connectivity index (χ1v) is 10.3. The number of thioether (sulfide) groups is 1. The van der Waals surface area contributed by atoms with Gasteiger partial charge in [-0.2, -0.15) is 0 Å². The second-order valence-corrected chi connectivity index (χ2v) is 8.14. The molecule has 140 valence electrons. The predicted molar refractivity (Wildman–Crippen MR) is 107 cm³/mol. The second-order valence-electron chi connectivity index (χ2n) is 5.95. The van der Waals surface area contributed by atoms with Gasteiger partial charge in [0.15, 0.2) is 0 Å². The SMILES string of the molecule is CC(SCc1csc(-c2ccc(F)cc2)n1)C(=O)NCc1ccc(F)cc1. The molecule has 0 saturated carbocycles. The van der Waals surface area contributed by atoms with Gasteiger partial charge in [0.1, 0.15) is 16.6 Å². The first-order valence-electron chi connectivity index (χ1n) is 8.35. The first kappa shape index (κ1) is 19.5. The largest absolute Gasteiger partial charge is 0.351 e. The highest BCUT2D eigenvalue weighted by Crippen LogP contribution is 2.26. The number of benzene rings is 2. The summed E-state index contributed by atoms with van der Waals surface area (Å²) in [6.45, 7) is 2.22. The third-order valence-electron chi connectivity index (χ3n) is 3.87. The number of aromatic nitrogens is 1. The molecule has 3 rings (SSSR count). The number of halogens is 2. The van der Waals surface area contributed by atoms with E-state index >= 15 is 0 Å². The van der Waals surface area contributed by atoms with Crippen molar-refractivity contribution in [3.05, 3.63) is 76.8 Å². The summed E-state index contributed by atoms with van der Waals surface area (Å²) < 4.78 is 25.9. The highest BCUT2D eigenvalue weighted by atomic mass is 32.2. The zero-order valence-electron chi connectivity index (χ0n) is 14.6. The molecular weight excluding hydrogens is 386 g/mol. The highest BCUT2D eigenvalue weighted by molar-refractivity contribution is 7.99. The summed E-state index contributed by atoms with van der Waals surface area (Å²) in [6.07, 6.45) is 0. The van der Waals surface area contributed by atoms with E-state index in [-0.39, 0.29) is 22.8 Å². The van der Waals surface area contributed by atoms with Crippen LogP contribution in [0.2, 0.25) is 0 Å². The molecule has 7 heteroatoms. The molecule has 3 nitrogen and oxygen atoms in total. The topological polar surface area (TPSA) is 42.0 Å². The molecular formula is C20H18F2N2OS2. The van der Waals surface area contributed by atoms with Crippen LogP contribution in [0, 0.1) is 11.6 Å². The van der Waals surface area contributed by atoms with Gasteiger partial charge in [-0.3, -0.25) is 4.79 Å². The fourth-order valence-corrected chi connectivity index (χ4v) is 4.05. The normalized spacial score (nSPS) is 12.0. The summed E-state index contributed by atoms with van der Waals surface area (Å²) in [5, 5.41) is 5.41. The Labute approximate surface area is 164 Å². The van der Waals surface area contributed by atoms with Crippen LogP contribution < -0.4 is 5.32 Å². The first-order chi connectivity index (χ1) is 13.0. The molecule has 0 bridgehead atoms. The molecule has 1 amide bonds. The molecule has 1 unspecified atom stereocenters. The van der Waals surface area contributed by atoms with Gasteiger partial charge in [-0.15, -0.1) is 23.1 Å². The van der Waals surface area contributed by atoms with Crippen LogP contribution in [0.3, 0.4) is 0 Å². The van der Waals surface area contributed by atoms with Gasteiger partial charge in [0.05, 0.1) is 10.9 Å². The molecule has 0 aliphatic carbocycles. The highest BCUT2D eigenvalue weighted by Gasteiger charge is 2.14. The van der Waals surface area contributed by atoms with Gasteiger partial charge in [0.25, 0.3) is 0 Å². The summed E-state index contributed by atoms with van der Waals surface area (Å²) in [7, 11) is 0. The fourth-order valence-electron chi connectivity index (χ4n) is 2.32. The maximum Gasteiger partial charge on any atom is 0.233 e. The van der Waals surface area contributed by atoms with Crippen molar-refractivity contribution in [2.45, 2.75) is 24.5 Å². The smallest absolute Gasteiger partial charge is 0.233 e. The number of hydrogen-bond donors (Lipinski definition) is 1. The van der Waals surface area contributed by atoms with Crippen molar-refractivity contribution in [3.63, 3.8) is 0 Å². The zero-order valence-corrected chi connectivity index (χ0v) is 16.2. The lowest BCUT2D eigenvalue weighted by atomic mass is 10.2. The lowest BCUT2D eigenvalue weighted by molar-refractivity contribution is -0.120. The van der Waals surface area contributed by atoms with Gasteiger partial charge in [0.2, 0.25) is 5.91 Å². The number of hydrogen-bond acceptors (Lipinski definition) is 4. The van der Waals surface area contributed by atoms with Crippen LogP contribution in [0.25, 0.3) is 10.6 Å². The monoisotopic (exact) mass is 404 g/mol. The van der Waals surface area contributed by atoms with E-state index < -0.39 is 0 Å². The Bertz CT molecular complexity index is 895. The zero-order chi connectivity index (χ0) is 19.2. The minimum Gasteiger partial charge on any atom is -0.351 e. The van der Waals surface area contributed by atoms with E-state index in [0.717, 1.165) is 21.8 Å². The van der Waals surface area contributed by atoms with Crippen molar-refractivity contribution in [2.24, 2.45) is 0 Å². The average molecular weight is 405 g/mol. The molecule has 1 N–H and O–H groups in total.